The van der Waals surface area contributed by atoms with Crippen LogP contribution in [0.3, 0.4) is 0 Å². The van der Waals surface area contributed by atoms with Gasteiger partial charge in [0.15, 0.2) is 5.82 Å². The van der Waals surface area contributed by atoms with E-state index in [1.165, 1.54) is 19.3 Å². The van der Waals surface area contributed by atoms with Crippen LogP contribution in [0.25, 0.3) is 11.0 Å². The van der Waals surface area contributed by atoms with E-state index in [0.29, 0.717) is 17.4 Å². The fourth-order valence-corrected chi connectivity index (χ4v) is 4.55. The molecule has 0 unspecified atom stereocenters. The minimum atomic E-state index is 0.0106. The summed E-state index contributed by atoms with van der Waals surface area (Å²) in [5.74, 6) is 0.578. The molecule has 1 fully saturated rings. The van der Waals surface area contributed by atoms with E-state index >= 15 is 0 Å². The molecule has 0 saturated heterocycles. The molecule has 6 heteroatoms. The van der Waals surface area contributed by atoms with Crippen LogP contribution in [-0.4, -0.2) is 57.3 Å². The van der Waals surface area contributed by atoms with Gasteiger partial charge in [-0.2, -0.15) is 0 Å². The Bertz CT molecular complexity index is 882. The molecule has 0 radical (unpaired) electrons. The average Bonchev–Trinajstić information content (AvgIpc) is 3.11. The number of fused-ring (bicyclic) bond motifs is 3. The van der Waals surface area contributed by atoms with Gasteiger partial charge >= 0.3 is 0 Å². The van der Waals surface area contributed by atoms with Crippen LogP contribution in [-0.2, 0) is 6.54 Å². The Kier molecular flexibility index (Phi) is 5.38. The van der Waals surface area contributed by atoms with E-state index in [4.69, 9.17) is 0 Å². The number of hydrogen-bond donors (Lipinski definition) is 0. The number of hydrogen-bond acceptors (Lipinski definition) is 3. The second-order valence-electron chi connectivity index (χ2n) is 8.16. The Hall–Kier alpha value is -2.37. The van der Waals surface area contributed by atoms with Gasteiger partial charge in [-0.25, -0.2) is 4.98 Å². The first-order chi connectivity index (χ1) is 13.6. The molecule has 0 atom stereocenters. The number of imidazole rings is 1. The van der Waals surface area contributed by atoms with Crippen molar-refractivity contribution in [3.05, 3.63) is 29.6 Å². The number of aromatic nitrogens is 2. The van der Waals surface area contributed by atoms with Crippen molar-refractivity contribution < 1.29 is 9.59 Å². The second kappa shape index (κ2) is 7.94. The SMILES string of the molecule is CCCCN(C)C(=O)c1ccc2c(c1)nc1n2CCN(C2CCCCC2)C1=O. The third-order valence-corrected chi connectivity index (χ3v) is 6.22. The van der Waals surface area contributed by atoms with Crippen molar-refractivity contribution in [1.82, 2.24) is 19.4 Å². The first-order valence-electron chi connectivity index (χ1n) is 10.7. The van der Waals surface area contributed by atoms with Gasteiger partial charge in [0.2, 0.25) is 0 Å². The van der Waals surface area contributed by atoms with Crippen molar-refractivity contribution in [3.8, 4) is 0 Å². The van der Waals surface area contributed by atoms with E-state index in [1.807, 2.05) is 34.7 Å². The summed E-state index contributed by atoms with van der Waals surface area (Å²) in [5.41, 5.74) is 2.32. The molecule has 0 spiro atoms. The van der Waals surface area contributed by atoms with Crippen molar-refractivity contribution in [2.45, 2.75) is 64.5 Å². The van der Waals surface area contributed by atoms with E-state index < -0.39 is 0 Å². The molecule has 1 aliphatic heterocycles. The molecule has 0 bridgehead atoms. The van der Waals surface area contributed by atoms with Gasteiger partial charge in [-0.3, -0.25) is 9.59 Å². The van der Waals surface area contributed by atoms with Crippen molar-refractivity contribution in [2.24, 2.45) is 0 Å². The molecule has 1 aromatic carbocycles. The predicted octanol–water partition coefficient (Wildman–Crippen LogP) is 3.70. The largest absolute Gasteiger partial charge is 0.342 e. The Balaban J connectivity index is 1.59. The molecular weight excluding hydrogens is 352 g/mol. The third-order valence-electron chi connectivity index (χ3n) is 6.22. The van der Waals surface area contributed by atoms with Crippen molar-refractivity contribution in [3.63, 3.8) is 0 Å². The fraction of sp³-hybridized carbons (Fsp3) is 0.591. The average molecular weight is 383 g/mol. The summed E-state index contributed by atoms with van der Waals surface area (Å²) in [6, 6.07) is 6.00. The number of carbonyl (C=O) groups is 2. The molecule has 2 aromatic rings. The van der Waals surface area contributed by atoms with Crippen LogP contribution in [0.4, 0.5) is 0 Å². The maximum absolute atomic E-state index is 13.1. The lowest BCUT2D eigenvalue weighted by Gasteiger charge is -2.36. The highest BCUT2D eigenvalue weighted by Gasteiger charge is 2.33. The lowest BCUT2D eigenvalue weighted by atomic mass is 9.94. The normalized spacial score (nSPS) is 17.8. The van der Waals surface area contributed by atoms with Crippen molar-refractivity contribution in [2.75, 3.05) is 20.1 Å². The molecule has 2 aliphatic rings. The van der Waals surface area contributed by atoms with Gasteiger partial charge in [0.25, 0.3) is 11.8 Å². The van der Waals surface area contributed by atoms with Crippen LogP contribution in [0, 0.1) is 0 Å². The van der Waals surface area contributed by atoms with Gasteiger partial charge in [-0.1, -0.05) is 32.6 Å². The van der Waals surface area contributed by atoms with Crippen LogP contribution >= 0.6 is 0 Å². The van der Waals surface area contributed by atoms with Crippen molar-refractivity contribution >= 4 is 22.8 Å². The quantitative estimate of drug-likeness (QED) is 0.792. The molecule has 1 aromatic heterocycles. The molecule has 2 heterocycles. The molecular formula is C22H30N4O2. The van der Waals surface area contributed by atoms with E-state index in [2.05, 4.69) is 11.9 Å². The molecule has 1 aliphatic carbocycles. The van der Waals surface area contributed by atoms with Crippen LogP contribution in [0.1, 0.15) is 72.8 Å². The van der Waals surface area contributed by atoms with E-state index in [0.717, 1.165) is 56.4 Å². The standard InChI is InChI=1S/C22H30N4O2/c1-3-4-12-24(2)21(27)16-10-11-19-18(15-16)23-20-22(28)25(13-14-26(19)20)17-8-6-5-7-9-17/h10-11,15,17H,3-9,12-14H2,1-2H3. The number of benzene rings is 1. The third kappa shape index (κ3) is 3.40. The minimum Gasteiger partial charge on any atom is -0.342 e. The smallest absolute Gasteiger partial charge is 0.290 e. The fourth-order valence-electron chi connectivity index (χ4n) is 4.55. The lowest BCUT2D eigenvalue weighted by Crippen LogP contribution is -2.47. The molecule has 0 N–H and O–H groups in total. The Morgan fingerprint density at radius 3 is 2.75 bits per heavy atom. The number of nitrogens with zero attached hydrogens (tertiary/aromatic N) is 4. The number of rotatable bonds is 5. The summed E-state index contributed by atoms with van der Waals surface area (Å²) < 4.78 is 2.02. The molecule has 4 rings (SSSR count). The first kappa shape index (κ1) is 19.0. The van der Waals surface area contributed by atoms with Crippen LogP contribution in [0.5, 0.6) is 0 Å². The van der Waals surface area contributed by atoms with Gasteiger partial charge in [0.05, 0.1) is 11.0 Å². The maximum atomic E-state index is 13.1. The van der Waals surface area contributed by atoms with E-state index in [-0.39, 0.29) is 11.8 Å². The number of unbranched alkanes of at least 4 members (excludes halogenated alkanes) is 1. The predicted molar refractivity (Wildman–Crippen MR) is 110 cm³/mol. The Morgan fingerprint density at radius 2 is 2.00 bits per heavy atom. The van der Waals surface area contributed by atoms with Crippen molar-refractivity contribution in [1.29, 1.82) is 0 Å². The highest BCUT2D eigenvalue weighted by atomic mass is 16.2. The summed E-state index contributed by atoms with van der Waals surface area (Å²) in [4.78, 5) is 34.2. The highest BCUT2D eigenvalue weighted by molar-refractivity contribution is 6.00. The van der Waals surface area contributed by atoms with Gasteiger partial charge in [0.1, 0.15) is 0 Å². The molecule has 1 saturated carbocycles. The highest BCUT2D eigenvalue weighted by Crippen LogP contribution is 2.28. The van der Waals surface area contributed by atoms with Crippen LogP contribution in [0.15, 0.2) is 18.2 Å². The summed E-state index contributed by atoms with van der Waals surface area (Å²) in [5, 5.41) is 0. The number of carbonyl (C=O) groups excluding carboxylic acids is 2. The van der Waals surface area contributed by atoms with Gasteiger partial charge in [-0.15, -0.1) is 0 Å². The summed E-state index contributed by atoms with van der Waals surface area (Å²) in [6.07, 6.45) is 7.96. The van der Waals surface area contributed by atoms with E-state index in [9.17, 15) is 9.59 Å². The molecule has 150 valence electrons. The Labute approximate surface area is 166 Å². The van der Waals surface area contributed by atoms with E-state index in [1.54, 1.807) is 4.90 Å². The molecule has 2 amide bonds. The lowest BCUT2D eigenvalue weighted by molar-refractivity contribution is 0.0565. The molecule has 6 nitrogen and oxygen atoms in total. The van der Waals surface area contributed by atoms with Crippen LogP contribution in [0.2, 0.25) is 0 Å². The maximum Gasteiger partial charge on any atom is 0.290 e. The first-order valence-corrected chi connectivity index (χ1v) is 10.7. The zero-order chi connectivity index (χ0) is 19.7. The Morgan fingerprint density at radius 1 is 1.21 bits per heavy atom. The van der Waals surface area contributed by atoms with Gasteiger partial charge < -0.3 is 14.4 Å². The summed E-state index contributed by atoms with van der Waals surface area (Å²) in [6.45, 7) is 4.40. The zero-order valence-corrected chi connectivity index (χ0v) is 17.0. The summed E-state index contributed by atoms with van der Waals surface area (Å²) >= 11 is 0. The van der Waals surface area contributed by atoms with Gasteiger partial charge in [0, 0.05) is 38.3 Å². The zero-order valence-electron chi connectivity index (χ0n) is 17.0. The molecule has 28 heavy (non-hydrogen) atoms. The summed E-state index contributed by atoms with van der Waals surface area (Å²) in [7, 11) is 1.84. The minimum absolute atomic E-state index is 0.0106. The second-order valence-corrected chi connectivity index (χ2v) is 8.16. The van der Waals surface area contributed by atoms with Gasteiger partial charge in [-0.05, 0) is 37.5 Å². The monoisotopic (exact) mass is 382 g/mol. The number of amides is 2. The van der Waals surface area contributed by atoms with Crippen LogP contribution < -0.4 is 0 Å². The topological polar surface area (TPSA) is 58.4 Å².